The molecule has 37 heavy (non-hydrogen) atoms. The molecule has 1 amide bonds. The standard InChI is InChI=1S/C32H35NO4/c1-19(2)37-25-16-14-24(15-17-25)33-28(22-10-12-23(13-11-22)32(5,6)7)27(30(35)31(33)36)29(34)26-18-20(3)8-9-21(26)4/h8-19,28,34H,1-7H3/b29-27+. The number of aliphatic hydroxyl groups excluding tert-OH is 1. The maximum Gasteiger partial charge on any atom is 0.300 e. The quantitative estimate of drug-likeness (QED) is 0.234. The first-order chi connectivity index (χ1) is 17.4. The number of carbonyl (C=O) groups excluding carboxylic acids is 2. The fourth-order valence-corrected chi connectivity index (χ4v) is 4.67. The number of hydrogen-bond donors (Lipinski definition) is 1. The number of hydrogen-bond acceptors (Lipinski definition) is 4. The molecule has 1 unspecified atom stereocenters. The summed E-state index contributed by atoms with van der Waals surface area (Å²) in [7, 11) is 0. The van der Waals surface area contributed by atoms with E-state index in [-0.39, 0.29) is 22.9 Å². The number of aliphatic hydroxyl groups is 1. The predicted molar refractivity (Wildman–Crippen MR) is 148 cm³/mol. The minimum absolute atomic E-state index is 0.0129. The van der Waals surface area contributed by atoms with Gasteiger partial charge in [-0.2, -0.15) is 0 Å². The van der Waals surface area contributed by atoms with Gasteiger partial charge in [0.05, 0.1) is 17.7 Å². The molecule has 5 heteroatoms. The van der Waals surface area contributed by atoms with Crippen LogP contribution in [0.15, 0.2) is 72.3 Å². The zero-order valence-corrected chi connectivity index (χ0v) is 22.6. The van der Waals surface area contributed by atoms with E-state index in [2.05, 4.69) is 20.8 Å². The monoisotopic (exact) mass is 497 g/mol. The average molecular weight is 498 g/mol. The molecule has 1 N–H and O–H groups in total. The molecular weight excluding hydrogens is 462 g/mol. The lowest BCUT2D eigenvalue weighted by Crippen LogP contribution is -2.29. The number of nitrogens with zero attached hydrogens (tertiary/aromatic N) is 1. The molecule has 1 heterocycles. The van der Waals surface area contributed by atoms with Crippen molar-refractivity contribution in [1.82, 2.24) is 0 Å². The third-order valence-corrected chi connectivity index (χ3v) is 6.67. The lowest BCUT2D eigenvalue weighted by molar-refractivity contribution is -0.132. The summed E-state index contributed by atoms with van der Waals surface area (Å²) in [5.74, 6) is -0.858. The molecule has 1 aliphatic rings. The summed E-state index contributed by atoms with van der Waals surface area (Å²) in [5, 5.41) is 11.5. The lowest BCUT2D eigenvalue weighted by Gasteiger charge is -2.27. The van der Waals surface area contributed by atoms with Crippen LogP contribution < -0.4 is 9.64 Å². The van der Waals surface area contributed by atoms with E-state index in [9.17, 15) is 14.7 Å². The first-order valence-electron chi connectivity index (χ1n) is 12.6. The van der Waals surface area contributed by atoms with E-state index in [1.54, 1.807) is 24.3 Å². The third kappa shape index (κ3) is 5.17. The Labute approximate surface area is 219 Å². The van der Waals surface area contributed by atoms with E-state index < -0.39 is 17.7 Å². The van der Waals surface area contributed by atoms with Crippen LogP contribution in [0.25, 0.3) is 5.76 Å². The molecule has 0 aromatic heterocycles. The van der Waals surface area contributed by atoms with Crippen molar-refractivity contribution in [3.05, 3.63) is 100 Å². The highest BCUT2D eigenvalue weighted by Crippen LogP contribution is 2.43. The Hall–Kier alpha value is -3.86. The fourth-order valence-electron chi connectivity index (χ4n) is 4.67. The molecule has 0 saturated carbocycles. The average Bonchev–Trinajstić information content (AvgIpc) is 3.10. The molecule has 3 aromatic rings. The van der Waals surface area contributed by atoms with Gasteiger partial charge in [0.15, 0.2) is 0 Å². The first kappa shape index (κ1) is 26.2. The smallest absolute Gasteiger partial charge is 0.300 e. The summed E-state index contributed by atoms with van der Waals surface area (Å²) in [5.41, 5.74) is 4.81. The van der Waals surface area contributed by atoms with Gasteiger partial charge < -0.3 is 9.84 Å². The number of carbonyl (C=O) groups is 2. The van der Waals surface area contributed by atoms with Gasteiger partial charge in [-0.1, -0.05) is 62.7 Å². The maximum atomic E-state index is 13.5. The van der Waals surface area contributed by atoms with E-state index in [1.165, 1.54) is 4.90 Å². The summed E-state index contributed by atoms with van der Waals surface area (Å²) in [6, 6.07) is 20.0. The van der Waals surface area contributed by atoms with Gasteiger partial charge in [-0.25, -0.2) is 0 Å². The minimum Gasteiger partial charge on any atom is -0.507 e. The molecule has 1 saturated heterocycles. The van der Waals surface area contributed by atoms with E-state index in [0.29, 0.717) is 17.0 Å². The second-order valence-electron chi connectivity index (χ2n) is 11.0. The van der Waals surface area contributed by atoms with Crippen molar-refractivity contribution in [2.24, 2.45) is 0 Å². The van der Waals surface area contributed by atoms with Gasteiger partial charge in [-0.05, 0) is 80.1 Å². The van der Waals surface area contributed by atoms with Crippen LogP contribution in [0.4, 0.5) is 5.69 Å². The summed E-state index contributed by atoms with van der Waals surface area (Å²) in [4.78, 5) is 28.4. The van der Waals surface area contributed by atoms with Crippen molar-refractivity contribution < 1.29 is 19.4 Å². The Morgan fingerprint density at radius 2 is 1.54 bits per heavy atom. The van der Waals surface area contributed by atoms with Gasteiger partial charge in [0.1, 0.15) is 11.5 Å². The number of amides is 1. The number of ketones is 1. The van der Waals surface area contributed by atoms with Gasteiger partial charge in [0.2, 0.25) is 0 Å². The molecule has 0 spiro atoms. The molecule has 4 rings (SSSR count). The highest BCUT2D eigenvalue weighted by atomic mass is 16.5. The van der Waals surface area contributed by atoms with E-state index in [4.69, 9.17) is 4.74 Å². The molecule has 192 valence electrons. The van der Waals surface area contributed by atoms with Crippen LogP contribution in [0, 0.1) is 13.8 Å². The molecule has 3 aromatic carbocycles. The van der Waals surface area contributed by atoms with E-state index in [1.807, 2.05) is 70.2 Å². The van der Waals surface area contributed by atoms with Crippen molar-refractivity contribution in [2.45, 2.75) is 66.0 Å². The van der Waals surface area contributed by atoms with Gasteiger partial charge in [-0.3, -0.25) is 14.5 Å². The molecule has 5 nitrogen and oxygen atoms in total. The molecule has 1 fully saturated rings. The summed E-state index contributed by atoms with van der Waals surface area (Å²) in [6.45, 7) is 14.1. The van der Waals surface area contributed by atoms with Crippen LogP contribution in [0.5, 0.6) is 5.75 Å². The van der Waals surface area contributed by atoms with Crippen LogP contribution in [-0.2, 0) is 15.0 Å². The topological polar surface area (TPSA) is 66.8 Å². The molecular formula is C32H35NO4. The van der Waals surface area contributed by atoms with Crippen LogP contribution in [0.2, 0.25) is 0 Å². The van der Waals surface area contributed by atoms with Crippen LogP contribution in [-0.4, -0.2) is 22.9 Å². The second-order valence-corrected chi connectivity index (χ2v) is 11.0. The van der Waals surface area contributed by atoms with Crippen molar-refractivity contribution in [3.63, 3.8) is 0 Å². The molecule has 1 atom stereocenters. The Balaban J connectivity index is 1.90. The maximum absolute atomic E-state index is 13.5. The fraction of sp³-hybridized carbons (Fsp3) is 0.312. The van der Waals surface area contributed by atoms with Crippen molar-refractivity contribution >= 4 is 23.1 Å². The number of ether oxygens (including phenoxy) is 1. The Kier molecular flexibility index (Phi) is 7.00. The van der Waals surface area contributed by atoms with Gasteiger partial charge in [0.25, 0.3) is 11.7 Å². The van der Waals surface area contributed by atoms with Crippen molar-refractivity contribution in [3.8, 4) is 5.75 Å². The van der Waals surface area contributed by atoms with Crippen LogP contribution in [0.1, 0.15) is 68.5 Å². The number of anilines is 1. The Morgan fingerprint density at radius 3 is 2.11 bits per heavy atom. The van der Waals surface area contributed by atoms with Gasteiger partial charge >= 0.3 is 0 Å². The number of Topliss-reactive ketones (excluding diaryl/α,β-unsaturated/α-hetero) is 1. The molecule has 0 bridgehead atoms. The number of rotatable bonds is 5. The van der Waals surface area contributed by atoms with Crippen LogP contribution in [0.3, 0.4) is 0 Å². The largest absolute Gasteiger partial charge is 0.507 e. The highest BCUT2D eigenvalue weighted by Gasteiger charge is 2.47. The Bertz CT molecular complexity index is 1360. The second kappa shape index (κ2) is 9.89. The number of benzene rings is 3. The summed E-state index contributed by atoms with van der Waals surface area (Å²) in [6.07, 6.45) is 0.0129. The Morgan fingerprint density at radius 1 is 0.919 bits per heavy atom. The normalized spacial score (nSPS) is 17.5. The van der Waals surface area contributed by atoms with Gasteiger partial charge in [-0.15, -0.1) is 0 Å². The SMILES string of the molecule is Cc1ccc(C)c(/C(O)=C2\C(=O)C(=O)N(c3ccc(OC(C)C)cc3)C2c2ccc(C(C)(C)C)cc2)c1. The van der Waals surface area contributed by atoms with Crippen molar-refractivity contribution in [1.29, 1.82) is 0 Å². The lowest BCUT2D eigenvalue weighted by atomic mass is 9.85. The van der Waals surface area contributed by atoms with Crippen molar-refractivity contribution in [2.75, 3.05) is 4.90 Å². The molecule has 1 aliphatic heterocycles. The molecule has 0 radical (unpaired) electrons. The van der Waals surface area contributed by atoms with E-state index >= 15 is 0 Å². The predicted octanol–water partition coefficient (Wildman–Crippen LogP) is 7.01. The third-order valence-electron chi connectivity index (χ3n) is 6.67. The summed E-state index contributed by atoms with van der Waals surface area (Å²) >= 11 is 0. The zero-order valence-electron chi connectivity index (χ0n) is 22.6. The van der Waals surface area contributed by atoms with Crippen LogP contribution >= 0.6 is 0 Å². The highest BCUT2D eigenvalue weighted by molar-refractivity contribution is 6.51. The summed E-state index contributed by atoms with van der Waals surface area (Å²) < 4.78 is 5.76. The van der Waals surface area contributed by atoms with E-state index in [0.717, 1.165) is 22.3 Å². The minimum atomic E-state index is -0.772. The molecule has 0 aliphatic carbocycles. The van der Waals surface area contributed by atoms with Gasteiger partial charge in [0, 0.05) is 11.3 Å². The zero-order chi connectivity index (χ0) is 27.1. The number of aryl methyl sites for hydroxylation is 2. The first-order valence-corrected chi connectivity index (χ1v) is 12.6.